The molecule has 2 nitrogen and oxygen atoms in total. The van der Waals surface area contributed by atoms with Gasteiger partial charge in [0.2, 0.25) is 0 Å². The van der Waals surface area contributed by atoms with Gasteiger partial charge in [0.05, 0.1) is 12.6 Å². The summed E-state index contributed by atoms with van der Waals surface area (Å²) in [6.07, 6.45) is 0.858. The molecule has 0 bridgehead atoms. The second kappa shape index (κ2) is 6.27. The van der Waals surface area contributed by atoms with E-state index in [0.717, 1.165) is 23.4 Å². The molecule has 0 radical (unpaired) electrons. The first kappa shape index (κ1) is 14.1. The van der Waals surface area contributed by atoms with Gasteiger partial charge in [0.25, 0.3) is 0 Å². The Kier molecular flexibility index (Phi) is 4.20. The van der Waals surface area contributed by atoms with Gasteiger partial charge >= 0.3 is 0 Å². The number of hydrogen-bond acceptors (Lipinski definition) is 2. The Balaban J connectivity index is 1.79. The lowest BCUT2D eigenvalue weighted by molar-refractivity contribution is 0.414. The zero-order chi connectivity index (χ0) is 14.7. The first-order chi connectivity index (χ1) is 10.3. The summed E-state index contributed by atoms with van der Waals surface area (Å²) in [4.78, 5) is 4.97. The number of hydrogen-bond donors (Lipinski definition) is 0. The molecule has 0 aliphatic carbocycles. The van der Waals surface area contributed by atoms with Crippen LogP contribution in [0.5, 0.6) is 5.75 Å². The summed E-state index contributed by atoms with van der Waals surface area (Å²) in [6, 6.07) is 20.6. The third-order valence-electron chi connectivity index (χ3n) is 3.52. The highest BCUT2D eigenvalue weighted by atomic mass is 79.9. The van der Waals surface area contributed by atoms with E-state index in [1.54, 1.807) is 7.11 Å². The van der Waals surface area contributed by atoms with Crippen LogP contribution in [0.3, 0.4) is 0 Å². The van der Waals surface area contributed by atoms with E-state index in [0.29, 0.717) is 0 Å². The maximum absolute atomic E-state index is 5.19. The van der Waals surface area contributed by atoms with E-state index in [1.807, 2.05) is 24.3 Å². The lowest BCUT2D eigenvalue weighted by Gasteiger charge is -2.11. The van der Waals surface area contributed by atoms with Gasteiger partial charge in [-0.3, -0.25) is 4.98 Å². The fraction of sp³-hybridized carbons (Fsp3) is 0.167. The molecule has 1 heterocycles. The minimum atomic E-state index is 0.247. The first-order valence-corrected chi connectivity index (χ1v) is 7.80. The van der Waals surface area contributed by atoms with Gasteiger partial charge in [0.1, 0.15) is 5.75 Å². The molecule has 2 aromatic carbocycles. The Bertz CT molecular complexity index is 740. The maximum Gasteiger partial charge on any atom is 0.118 e. The van der Waals surface area contributed by atoms with Gasteiger partial charge in [-0.05, 0) is 29.8 Å². The largest absolute Gasteiger partial charge is 0.497 e. The Morgan fingerprint density at radius 1 is 1.00 bits per heavy atom. The zero-order valence-corrected chi connectivity index (χ0v) is 13.4. The van der Waals surface area contributed by atoms with Crippen LogP contribution in [0.15, 0.2) is 60.7 Å². The molecule has 1 atom stereocenters. The van der Waals surface area contributed by atoms with Crippen molar-refractivity contribution in [1.29, 1.82) is 0 Å². The molecule has 1 unspecified atom stereocenters. The van der Waals surface area contributed by atoms with E-state index in [4.69, 9.17) is 9.72 Å². The van der Waals surface area contributed by atoms with Crippen LogP contribution in [-0.4, -0.2) is 12.1 Å². The van der Waals surface area contributed by atoms with E-state index in [9.17, 15) is 0 Å². The van der Waals surface area contributed by atoms with Gasteiger partial charge in [-0.2, -0.15) is 0 Å². The molecule has 0 aliphatic heterocycles. The number of rotatable bonds is 4. The van der Waals surface area contributed by atoms with E-state index in [-0.39, 0.29) is 4.83 Å². The van der Waals surface area contributed by atoms with Gasteiger partial charge in [-0.1, -0.05) is 52.3 Å². The van der Waals surface area contributed by atoms with Crippen molar-refractivity contribution in [1.82, 2.24) is 4.98 Å². The van der Waals surface area contributed by atoms with Crippen molar-refractivity contribution in [3.05, 3.63) is 71.9 Å². The summed E-state index contributed by atoms with van der Waals surface area (Å²) >= 11 is 3.75. The van der Waals surface area contributed by atoms with Crippen molar-refractivity contribution >= 4 is 26.8 Å². The smallest absolute Gasteiger partial charge is 0.118 e. The van der Waals surface area contributed by atoms with Crippen LogP contribution in [0.2, 0.25) is 0 Å². The molecule has 0 fully saturated rings. The lowest BCUT2D eigenvalue weighted by Crippen LogP contribution is -1.98. The quantitative estimate of drug-likeness (QED) is 0.628. The van der Waals surface area contributed by atoms with Gasteiger partial charge < -0.3 is 4.74 Å². The van der Waals surface area contributed by atoms with Gasteiger partial charge in [0, 0.05) is 22.3 Å². The lowest BCUT2D eigenvalue weighted by atomic mass is 10.1. The van der Waals surface area contributed by atoms with E-state index in [1.165, 1.54) is 10.9 Å². The number of aromatic nitrogens is 1. The Morgan fingerprint density at radius 3 is 2.52 bits per heavy atom. The fourth-order valence-electron chi connectivity index (χ4n) is 2.34. The summed E-state index contributed by atoms with van der Waals surface area (Å²) in [5, 5.41) is 1.18. The SMILES string of the molecule is COc1ccc(C(Br)Cc2ccc3ccccc3n2)cc1. The van der Waals surface area contributed by atoms with Crippen molar-refractivity contribution in [3.63, 3.8) is 0 Å². The molecular formula is C18H16BrNO. The van der Waals surface area contributed by atoms with E-state index < -0.39 is 0 Å². The molecule has 0 aliphatic rings. The van der Waals surface area contributed by atoms with Crippen LogP contribution in [0, 0.1) is 0 Å². The number of ether oxygens (including phenoxy) is 1. The van der Waals surface area contributed by atoms with Crippen LogP contribution >= 0.6 is 15.9 Å². The number of fused-ring (bicyclic) bond motifs is 1. The minimum Gasteiger partial charge on any atom is -0.497 e. The summed E-state index contributed by atoms with van der Waals surface area (Å²) in [5.74, 6) is 0.877. The second-order valence-corrected chi connectivity index (χ2v) is 6.05. The summed E-state index contributed by atoms with van der Waals surface area (Å²) in [7, 11) is 1.68. The summed E-state index contributed by atoms with van der Waals surface area (Å²) < 4.78 is 5.19. The molecule has 0 saturated heterocycles. The zero-order valence-electron chi connectivity index (χ0n) is 11.8. The number of methoxy groups -OCH3 is 1. The Morgan fingerprint density at radius 2 is 1.76 bits per heavy atom. The molecule has 0 amide bonds. The third kappa shape index (κ3) is 3.24. The van der Waals surface area contributed by atoms with Crippen LogP contribution in [0.25, 0.3) is 10.9 Å². The van der Waals surface area contributed by atoms with Crippen LogP contribution in [0.1, 0.15) is 16.1 Å². The highest BCUT2D eigenvalue weighted by Gasteiger charge is 2.10. The number of para-hydroxylation sites is 1. The molecule has 0 saturated carbocycles. The number of halogens is 1. The second-order valence-electron chi connectivity index (χ2n) is 4.94. The number of nitrogens with zero attached hydrogens (tertiary/aromatic N) is 1. The van der Waals surface area contributed by atoms with Crippen LogP contribution < -0.4 is 4.74 Å². The first-order valence-electron chi connectivity index (χ1n) is 6.89. The molecule has 3 rings (SSSR count). The van der Waals surface area contributed by atoms with Crippen LogP contribution in [0.4, 0.5) is 0 Å². The number of benzene rings is 2. The molecule has 1 aromatic heterocycles. The van der Waals surface area contributed by atoms with Gasteiger partial charge in [0.15, 0.2) is 0 Å². The highest BCUT2D eigenvalue weighted by Crippen LogP contribution is 2.28. The average molecular weight is 342 g/mol. The van der Waals surface area contributed by atoms with Crippen molar-refractivity contribution in [2.45, 2.75) is 11.2 Å². The van der Waals surface area contributed by atoms with Crippen LogP contribution in [-0.2, 0) is 6.42 Å². The van der Waals surface area contributed by atoms with E-state index >= 15 is 0 Å². The molecule has 3 heteroatoms. The molecule has 0 spiro atoms. The van der Waals surface area contributed by atoms with Crippen molar-refractivity contribution in [2.24, 2.45) is 0 Å². The van der Waals surface area contributed by atoms with Gasteiger partial charge in [-0.15, -0.1) is 0 Å². The number of alkyl halides is 1. The minimum absolute atomic E-state index is 0.247. The topological polar surface area (TPSA) is 22.1 Å². The normalized spacial score (nSPS) is 12.3. The standard InChI is InChI=1S/C18H16BrNO/c1-21-16-10-7-13(8-11-16)17(19)12-15-9-6-14-4-2-3-5-18(14)20-15/h2-11,17H,12H2,1H3. The predicted octanol–water partition coefficient (Wildman–Crippen LogP) is 4.92. The van der Waals surface area contributed by atoms with Gasteiger partial charge in [-0.25, -0.2) is 0 Å². The predicted molar refractivity (Wildman–Crippen MR) is 90.1 cm³/mol. The molecule has 106 valence electrons. The van der Waals surface area contributed by atoms with E-state index in [2.05, 4.69) is 52.3 Å². The maximum atomic E-state index is 5.19. The third-order valence-corrected chi connectivity index (χ3v) is 4.37. The Hall–Kier alpha value is -1.87. The molecule has 3 aromatic rings. The fourth-order valence-corrected chi connectivity index (χ4v) is 2.97. The molecule has 0 N–H and O–H groups in total. The van der Waals surface area contributed by atoms with Crippen molar-refractivity contribution < 1.29 is 4.74 Å². The Labute approximate surface area is 132 Å². The van der Waals surface area contributed by atoms with Crippen molar-refractivity contribution in [2.75, 3.05) is 7.11 Å². The average Bonchev–Trinajstić information content (AvgIpc) is 2.55. The summed E-state index contributed by atoms with van der Waals surface area (Å²) in [5.41, 5.74) is 3.36. The monoisotopic (exact) mass is 341 g/mol. The summed E-state index contributed by atoms with van der Waals surface area (Å²) in [6.45, 7) is 0. The molecular weight excluding hydrogens is 326 g/mol. The number of pyridine rings is 1. The highest BCUT2D eigenvalue weighted by molar-refractivity contribution is 9.09. The van der Waals surface area contributed by atoms with Crippen molar-refractivity contribution in [3.8, 4) is 5.75 Å². The molecule has 21 heavy (non-hydrogen) atoms.